The molecule has 1 amide bonds. The Morgan fingerprint density at radius 3 is 2.41 bits per heavy atom. The van der Waals surface area contributed by atoms with Crippen molar-refractivity contribution in [2.75, 3.05) is 32.6 Å². The van der Waals surface area contributed by atoms with E-state index in [2.05, 4.69) is 25.4 Å². The molecule has 0 aliphatic carbocycles. The van der Waals surface area contributed by atoms with Crippen LogP contribution in [0.15, 0.2) is 0 Å². The van der Waals surface area contributed by atoms with E-state index in [0.717, 1.165) is 19.4 Å². The largest absolute Gasteiger partial charge is 0.347 e. The lowest BCUT2D eigenvalue weighted by molar-refractivity contribution is -0.131. The maximum absolute atomic E-state index is 12.0. The number of nitrogens with zero attached hydrogens (tertiary/aromatic N) is 1. The van der Waals surface area contributed by atoms with Crippen molar-refractivity contribution in [2.24, 2.45) is 5.92 Å². The Balaban J connectivity index is 3.98. The summed E-state index contributed by atoms with van der Waals surface area (Å²) >= 11 is 1.88. The maximum Gasteiger partial charge on any atom is 0.239 e. The summed E-state index contributed by atoms with van der Waals surface area (Å²) in [6, 6.07) is -0.0146. The van der Waals surface area contributed by atoms with Gasteiger partial charge >= 0.3 is 0 Å². The summed E-state index contributed by atoms with van der Waals surface area (Å²) in [5.74, 6) is 1.95. The second-order valence-electron chi connectivity index (χ2n) is 5.07. The Labute approximate surface area is 111 Å². The molecular formula is C13H28N2OS. The Morgan fingerprint density at radius 2 is 1.94 bits per heavy atom. The maximum atomic E-state index is 12.0. The van der Waals surface area contributed by atoms with E-state index in [1.165, 1.54) is 12.2 Å². The molecule has 0 saturated carbocycles. The summed E-state index contributed by atoms with van der Waals surface area (Å²) in [6.07, 6.45) is 5.42. The first-order valence-electron chi connectivity index (χ1n) is 6.42. The summed E-state index contributed by atoms with van der Waals surface area (Å²) < 4.78 is 0. The number of hydrogen-bond acceptors (Lipinski definition) is 3. The number of amides is 1. The molecule has 0 aromatic heterocycles. The van der Waals surface area contributed by atoms with Gasteiger partial charge in [-0.2, -0.15) is 11.8 Å². The van der Waals surface area contributed by atoms with Gasteiger partial charge in [0.05, 0.1) is 6.04 Å². The first kappa shape index (κ1) is 16.8. The van der Waals surface area contributed by atoms with Gasteiger partial charge in [0.1, 0.15) is 0 Å². The van der Waals surface area contributed by atoms with Crippen molar-refractivity contribution < 1.29 is 4.79 Å². The van der Waals surface area contributed by atoms with Crippen LogP contribution < -0.4 is 5.32 Å². The lowest BCUT2D eigenvalue weighted by Crippen LogP contribution is -2.44. The topological polar surface area (TPSA) is 32.3 Å². The lowest BCUT2D eigenvalue weighted by Gasteiger charge is -2.23. The minimum Gasteiger partial charge on any atom is -0.347 e. The molecule has 1 unspecified atom stereocenters. The minimum absolute atomic E-state index is 0.0146. The normalized spacial score (nSPS) is 12.8. The van der Waals surface area contributed by atoms with Gasteiger partial charge in [-0.15, -0.1) is 0 Å². The van der Waals surface area contributed by atoms with Crippen LogP contribution in [0.5, 0.6) is 0 Å². The number of hydrogen-bond donors (Lipinski definition) is 1. The van der Waals surface area contributed by atoms with Gasteiger partial charge in [0.25, 0.3) is 0 Å². The van der Waals surface area contributed by atoms with E-state index in [0.29, 0.717) is 5.92 Å². The average molecular weight is 260 g/mol. The monoisotopic (exact) mass is 260 g/mol. The minimum atomic E-state index is -0.0146. The standard InChI is InChI=1S/C13H28N2OS/c1-11(2)10-12(13(16)15(3)4)14-8-6-7-9-17-5/h11-12,14H,6-10H2,1-5H3. The first-order chi connectivity index (χ1) is 7.99. The molecule has 0 heterocycles. The van der Waals surface area contributed by atoms with Gasteiger partial charge in [-0.25, -0.2) is 0 Å². The fourth-order valence-corrected chi connectivity index (χ4v) is 2.20. The highest BCUT2D eigenvalue weighted by Gasteiger charge is 2.20. The van der Waals surface area contributed by atoms with Crippen molar-refractivity contribution in [3.8, 4) is 0 Å². The van der Waals surface area contributed by atoms with Crippen molar-refractivity contribution in [3.05, 3.63) is 0 Å². The molecule has 0 spiro atoms. The second kappa shape index (κ2) is 9.77. The van der Waals surface area contributed by atoms with Crippen LogP contribution in [0.1, 0.15) is 33.1 Å². The zero-order chi connectivity index (χ0) is 13.3. The predicted octanol–water partition coefficient (Wildman–Crippen LogP) is 2.22. The van der Waals surface area contributed by atoms with Gasteiger partial charge in [0.15, 0.2) is 0 Å². The van der Waals surface area contributed by atoms with Crippen molar-refractivity contribution in [3.63, 3.8) is 0 Å². The highest BCUT2D eigenvalue weighted by Crippen LogP contribution is 2.07. The van der Waals surface area contributed by atoms with Gasteiger partial charge in [-0.05, 0) is 43.7 Å². The zero-order valence-corrected chi connectivity index (χ0v) is 12.8. The number of likely N-dealkylation sites (N-methyl/N-ethyl adjacent to an activating group) is 1. The van der Waals surface area contributed by atoms with Crippen molar-refractivity contribution in [1.82, 2.24) is 10.2 Å². The molecule has 3 nitrogen and oxygen atoms in total. The van der Waals surface area contributed by atoms with Crippen molar-refractivity contribution in [1.29, 1.82) is 0 Å². The summed E-state index contributed by atoms with van der Waals surface area (Å²) in [6.45, 7) is 5.26. The van der Waals surface area contributed by atoms with Crippen LogP contribution in [-0.2, 0) is 4.79 Å². The van der Waals surface area contributed by atoms with Crippen molar-refractivity contribution >= 4 is 17.7 Å². The number of unbranched alkanes of at least 4 members (excludes halogenated alkanes) is 1. The Hall–Kier alpha value is -0.220. The highest BCUT2D eigenvalue weighted by molar-refractivity contribution is 7.98. The molecule has 0 bridgehead atoms. The molecule has 0 aromatic carbocycles. The third-order valence-electron chi connectivity index (χ3n) is 2.61. The Bertz CT molecular complexity index is 208. The SMILES string of the molecule is CSCCCCNC(CC(C)C)C(=O)N(C)C. The van der Waals surface area contributed by atoms with Crippen molar-refractivity contribution in [2.45, 2.75) is 39.2 Å². The van der Waals surface area contributed by atoms with E-state index in [-0.39, 0.29) is 11.9 Å². The fourth-order valence-electron chi connectivity index (χ4n) is 1.70. The predicted molar refractivity (Wildman–Crippen MR) is 77.6 cm³/mol. The van der Waals surface area contributed by atoms with Crippen LogP contribution in [0.4, 0.5) is 0 Å². The first-order valence-corrected chi connectivity index (χ1v) is 7.82. The molecule has 0 rings (SSSR count). The third-order valence-corrected chi connectivity index (χ3v) is 3.31. The third kappa shape index (κ3) is 8.50. The molecule has 1 atom stereocenters. The van der Waals surface area contributed by atoms with Gasteiger partial charge < -0.3 is 10.2 Å². The molecule has 4 heteroatoms. The van der Waals surface area contributed by atoms with E-state index >= 15 is 0 Å². The average Bonchev–Trinajstić information content (AvgIpc) is 2.25. The number of carbonyl (C=O) groups is 1. The number of thioether (sulfide) groups is 1. The summed E-state index contributed by atoms with van der Waals surface area (Å²) in [5.41, 5.74) is 0. The van der Waals surface area contributed by atoms with E-state index in [1.54, 1.807) is 4.90 Å². The van der Waals surface area contributed by atoms with E-state index < -0.39 is 0 Å². The van der Waals surface area contributed by atoms with Crippen LogP contribution >= 0.6 is 11.8 Å². The smallest absolute Gasteiger partial charge is 0.239 e. The molecule has 0 radical (unpaired) electrons. The Kier molecular flexibility index (Phi) is 9.65. The molecule has 102 valence electrons. The van der Waals surface area contributed by atoms with E-state index in [1.807, 2.05) is 25.9 Å². The second-order valence-corrected chi connectivity index (χ2v) is 6.05. The molecule has 0 saturated heterocycles. The quantitative estimate of drug-likeness (QED) is 0.645. The highest BCUT2D eigenvalue weighted by atomic mass is 32.2. The summed E-state index contributed by atoms with van der Waals surface area (Å²) in [5, 5.41) is 3.39. The van der Waals surface area contributed by atoms with E-state index in [4.69, 9.17) is 0 Å². The number of rotatable bonds is 9. The summed E-state index contributed by atoms with van der Waals surface area (Å²) in [4.78, 5) is 13.6. The lowest BCUT2D eigenvalue weighted by atomic mass is 10.0. The number of carbonyl (C=O) groups excluding carboxylic acids is 1. The van der Waals surface area contributed by atoms with Gasteiger partial charge in [0, 0.05) is 14.1 Å². The molecule has 0 aliphatic rings. The molecule has 0 aromatic rings. The van der Waals surface area contributed by atoms with Gasteiger partial charge in [-0.3, -0.25) is 4.79 Å². The molecule has 17 heavy (non-hydrogen) atoms. The van der Waals surface area contributed by atoms with E-state index in [9.17, 15) is 4.79 Å². The molecule has 0 aliphatic heterocycles. The van der Waals surface area contributed by atoms with Gasteiger partial charge in [-0.1, -0.05) is 13.8 Å². The molecule has 0 fully saturated rings. The van der Waals surface area contributed by atoms with Crippen LogP contribution in [0.25, 0.3) is 0 Å². The van der Waals surface area contributed by atoms with Crippen LogP contribution in [0.3, 0.4) is 0 Å². The summed E-state index contributed by atoms with van der Waals surface area (Å²) in [7, 11) is 3.65. The zero-order valence-electron chi connectivity index (χ0n) is 12.0. The van der Waals surface area contributed by atoms with Crippen LogP contribution in [0, 0.1) is 5.92 Å². The van der Waals surface area contributed by atoms with Crippen LogP contribution in [-0.4, -0.2) is 49.5 Å². The molecule has 1 N–H and O–H groups in total. The molecular weight excluding hydrogens is 232 g/mol. The fraction of sp³-hybridized carbons (Fsp3) is 0.923. The van der Waals surface area contributed by atoms with Crippen LogP contribution in [0.2, 0.25) is 0 Å². The van der Waals surface area contributed by atoms with Gasteiger partial charge in [0.2, 0.25) is 5.91 Å². The number of nitrogens with one attached hydrogen (secondary N) is 1. The Morgan fingerprint density at radius 1 is 1.29 bits per heavy atom.